The number of carbonyl (C=O) groups is 1. The molecule has 28 heavy (non-hydrogen) atoms. The molecule has 3 rings (SSSR count). The Morgan fingerprint density at radius 3 is 2.68 bits per heavy atom. The summed E-state index contributed by atoms with van der Waals surface area (Å²) in [7, 11) is 3.52. The molecule has 1 aliphatic rings. The van der Waals surface area contributed by atoms with Crippen molar-refractivity contribution in [1.82, 2.24) is 20.5 Å². The largest absolute Gasteiger partial charge is 0.358 e. The van der Waals surface area contributed by atoms with Gasteiger partial charge in [0, 0.05) is 43.3 Å². The van der Waals surface area contributed by atoms with Crippen molar-refractivity contribution in [2.24, 2.45) is 4.99 Å². The molecule has 0 unspecified atom stereocenters. The summed E-state index contributed by atoms with van der Waals surface area (Å²) >= 11 is 0. The Morgan fingerprint density at radius 1 is 1.25 bits per heavy atom. The Morgan fingerprint density at radius 2 is 1.96 bits per heavy atom. The summed E-state index contributed by atoms with van der Waals surface area (Å²) in [5.41, 5.74) is 3.73. The molecule has 1 heterocycles. The van der Waals surface area contributed by atoms with E-state index in [0.717, 1.165) is 18.9 Å². The van der Waals surface area contributed by atoms with Crippen molar-refractivity contribution in [2.45, 2.75) is 45.1 Å². The first-order valence-corrected chi connectivity index (χ1v) is 9.86. The molecule has 1 saturated carbocycles. The third kappa shape index (κ3) is 5.86. The third-order valence-electron chi connectivity index (χ3n) is 5.26. The molecule has 0 atom stereocenters. The molecule has 0 radical (unpaired) electrons. The number of fused-ring (bicyclic) bond motifs is 1. The molecular weight excluding hydrogens is 465 g/mol. The first-order valence-electron chi connectivity index (χ1n) is 9.86. The second-order valence-corrected chi connectivity index (χ2v) is 7.53. The van der Waals surface area contributed by atoms with E-state index in [1.54, 1.807) is 19.0 Å². The maximum atomic E-state index is 11.9. The van der Waals surface area contributed by atoms with Crippen LogP contribution in [-0.4, -0.2) is 55.0 Å². The minimum absolute atomic E-state index is 0. The number of guanidine groups is 1. The second kappa shape index (κ2) is 10.7. The molecule has 154 valence electrons. The molecule has 1 aromatic heterocycles. The first-order chi connectivity index (χ1) is 13.0. The predicted molar refractivity (Wildman–Crippen MR) is 127 cm³/mol. The molecule has 6 nitrogen and oxygen atoms in total. The van der Waals surface area contributed by atoms with Gasteiger partial charge in [0.1, 0.15) is 6.54 Å². The Kier molecular flexibility index (Phi) is 8.59. The van der Waals surface area contributed by atoms with Crippen molar-refractivity contribution >= 4 is 46.7 Å². The zero-order valence-electron chi connectivity index (χ0n) is 17.0. The maximum Gasteiger partial charge on any atom is 0.243 e. The molecule has 1 amide bonds. The minimum Gasteiger partial charge on any atom is -0.358 e. The van der Waals surface area contributed by atoms with E-state index in [0.29, 0.717) is 6.04 Å². The Balaban J connectivity index is 0.00000280. The number of aromatic amines is 1. The fraction of sp³-hybridized carbons (Fsp3) is 0.524. The van der Waals surface area contributed by atoms with Gasteiger partial charge in [-0.25, -0.2) is 4.99 Å². The molecule has 0 bridgehead atoms. The van der Waals surface area contributed by atoms with E-state index in [9.17, 15) is 4.79 Å². The van der Waals surface area contributed by atoms with E-state index in [1.807, 2.05) is 0 Å². The van der Waals surface area contributed by atoms with Crippen LogP contribution in [0.25, 0.3) is 10.9 Å². The van der Waals surface area contributed by atoms with Crippen LogP contribution in [0.5, 0.6) is 0 Å². The number of likely N-dealkylation sites (N-methyl/N-ethyl adjacent to an activating group) is 1. The van der Waals surface area contributed by atoms with Gasteiger partial charge in [0.15, 0.2) is 5.96 Å². The van der Waals surface area contributed by atoms with E-state index in [4.69, 9.17) is 0 Å². The summed E-state index contributed by atoms with van der Waals surface area (Å²) in [6, 6.07) is 8.86. The fourth-order valence-corrected chi connectivity index (χ4v) is 3.67. The van der Waals surface area contributed by atoms with Crippen molar-refractivity contribution in [3.63, 3.8) is 0 Å². The van der Waals surface area contributed by atoms with Crippen LogP contribution in [0.1, 0.15) is 36.9 Å². The third-order valence-corrected chi connectivity index (χ3v) is 5.26. The lowest BCUT2D eigenvalue weighted by molar-refractivity contribution is -0.127. The quantitative estimate of drug-likeness (QED) is 0.326. The van der Waals surface area contributed by atoms with Crippen LogP contribution in [0.15, 0.2) is 29.3 Å². The van der Waals surface area contributed by atoms with E-state index < -0.39 is 0 Å². The van der Waals surface area contributed by atoms with Gasteiger partial charge in [-0.1, -0.05) is 31.0 Å². The molecule has 1 fully saturated rings. The van der Waals surface area contributed by atoms with E-state index >= 15 is 0 Å². The van der Waals surface area contributed by atoms with Crippen LogP contribution in [0.3, 0.4) is 0 Å². The number of benzene rings is 1. The molecule has 0 saturated heterocycles. The van der Waals surface area contributed by atoms with Gasteiger partial charge in [-0.05, 0) is 37.8 Å². The lowest BCUT2D eigenvalue weighted by Crippen LogP contribution is -2.43. The topological polar surface area (TPSA) is 72.5 Å². The van der Waals surface area contributed by atoms with Gasteiger partial charge < -0.3 is 20.5 Å². The number of halogens is 1. The van der Waals surface area contributed by atoms with Gasteiger partial charge in [0.25, 0.3) is 0 Å². The second-order valence-electron chi connectivity index (χ2n) is 7.53. The lowest BCUT2D eigenvalue weighted by Gasteiger charge is -2.18. The normalized spacial score (nSPS) is 14.8. The van der Waals surface area contributed by atoms with E-state index in [-0.39, 0.29) is 36.4 Å². The summed E-state index contributed by atoms with van der Waals surface area (Å²) in [6.07, 6.45) is 5.77. The van der Waals surface area contributed by atoms with Gasteiger partial charge in [0.05, 0.1) is 0 Å². The summed E-state index contributed by atoms with van der Waals surface area (Å²) in [5.74, 6) is 0.754. The highest BCUT2D eigenvalue weighted by Gasteiger charge is 2.16. The molecule has 2 aromatic rings. The Labute approximate surface area is 184 Å². The average molecular weight is 497 g/mol. The van der Waals surface area contributed by atoms with Crippen molar-refractivity contribution in [3.8, 4) is 0 Å². The maximum absolute atomic E-state index is 11.9. The zero-order valence-corrected chi connectivity index (χ0v) is 19.4. The number of amides is 1. The number of aryl methyl sites for hydroxylation is 1. The van der Waals surface area contributed by atoms with Gasteiger partial charge in [-0.2, -0.15) is 0 Å². The highest BCUT2D eigenvalue weighted by molar-refractivity contribution is 14.0. The molecule has 3 N–H and O–H groups in total. The van der Waals surface area contributed by atoms with Gasteiger partial charge in [-0.3, -0.25) is 4.79 Å². The minimum atomic E-state index is 0. The molecule has 0 aliphatic heterocycles. The van der Waals surface area contributed by atoms with Crippen LogP contribution in [0, 0.1) is 6.92 Å². The highest BCUT2D eigenvalue weighted by Crippen LogP contribution is 2.22. The molecular formula is C21H32IN5O. The monoisotopic (exact) mass is 497 g/mol. The summed E-state index contributed by atoms with van der Waals surface area (Å²) in [4.78, 5) is 21.4. The lowest BCUT2D eigenvalue weighted by atomic mass is 10.1. The Bertz CT molecular complexity index is 808. The van der Waals surface area contributed by atoms with Gasteiger partial charge >= 0.3 is 0 Å². The van der Waals surface area contributed by atoms with Crippen LogP contribution < -0.4 is 10.6 Å². The number of aliphatic imine (C=N–C) groups is 1. The van der Waals surface area contributed by atoms with Crippen LogP contribution >= 0.6 is 24.0 Å². The van der Waals surface area contributed by atoms with Crippen molar-refractivity contribution in [3.05, 3.63) is 35.5 Å². The summed E-state index contributed by atoms with van der Waals surface area (Å²) in [6.45, 7) is 3.06. The SMILES string of the molecule is Cc1[nH]c2ccccc2c1CCNC(=NCC(=O)N(C)C)NC1CCCC1.I. The van der Waals surface area contributed by atoms with E-state index in [1.165, 1.54) is 47.8 Å². The Hall–Kier alpha value is -1.77. The molecule has 0 spiro atoms. The van der Waals surface area contributed by atoms with Crippen LogP contribution in [0.4, 0.5) is 0 Å². The van der Waals surface area contributed by atoms with Crippen LogP contribution in [-0.2, 0) is 11.2 Å². The number of H-pyrrole nitrogens is 1. The number of aromatic nitrogens is 1. The van der Waals surface area contributed by atoms with Gasteiger partial charge in [0.2, 0.25) is 5.91 Å². The first kappa shape index (κ1) is 22.5. The molecule has 1 aliphatic carbocycles. The standard InChI is InChI=1S/C21H31N5O.HI/c1-15-17(18-10-6-7-11-19(18)24-15)12-13-22-21(23-14-20(27)26(2)3)25-16-8-4-5-9-16;/h6-7,10-11,16,24H,4-5,8-9,12-14H2,1-3H3,(H2,22,23,25);1H. The summed E-state index contributed by atoms with van der Waals surface area (Å²) in [5, 5.41) is 8.21. The number of hydrogen-bond acceptors (Lipinski definition) is 2. The molecule has 7 heteroatoms. The number of rotatable bonds is 6. The fourth-order valence-electron chi connectivity index (χ4n) is 3.67. The number of nitrogens with one attached hydrogen (secondary N) is 3. The van der Waals surface area contributed by atoms with E-state index in [2.05, 4.69) is 51.8 Å². The number of para-hydroxylation sites is 1. The van der Waals surface area contributed by atoms with Gasteiger partial charge in [-0.15, -0.1) is 24.0 Å². The smallest absolute Gasteiger partial charge is 0.243 e. The van der Waals surface area contributed by atoms with Crippen molar-refractivity contribution < 1.29 is 4.79 Å². The zero-order chi connectivity index (χ0) is 19.2. The molecule has 1 aromatic carbocycles. The average Bonchev–Trinajstić information content (AvgIpc) is 3.26. The predicted octanol–water partition coefficient (Wildman–Crippen LogP) is 3.20. The summed E-state index contributed by atoms with van der Waals surface area (Å²) < 4.78 is 0. The highest BCUT2D eigenvalue weighted by atomic mass is 127. The number of nitrogens with zero attached hydrogens (tertiary/aromatic N) is 2. The number of carbonyl (C=O) groups excluding carboxylic acids is 1. The number of hydrogen-bond donors (Lipinski definition) is 3. The van der Waals surface area contributed by atoms with Crippen LogP contribution in [0.2, 0.25) is 0 Å². The van der Waals surface area contributed by atoms with Crippen molar-refractivity contribution in [1.29, 1.82) is 0 Å². The van der Waals surface area contributed by atoms with Crippen molar-refractivity contribution in [2.75, 3.05) is 27.2 Å².